The van der Waals surface area contributed by atoms with Crippen molar-refractivity contribution in [1.82, 2.24) is 24.4 Å². The quantitative estimate of drug-likeness (QED) is 0.310. The van der Waals surface area contributed by atoms with Crippen LogP contribution in [0.25, 0.3) is 28.0 Å². The number of carbonyl (C=O) groups is 1. The summed E-state index contributed by atoms with van der Waals surface area (Å²) in [7, 11) is 0. The Morgan fingerprint density at radius 1 is 1.14 bits per heavy atom. The van der Waals surface area contributed by atoms with Gasteiger partial charge in [0.25, 0.3) is 5.91 Å². The number of ether oxygens (including phenoxy) is 1. The number of carbonyl (C=O) groups excluding carboxylic acids is 1. The number of likely N-dealkylation sites (tertiary alicyclic amines) is 1. The average Bonchev–Trinajstić information content (AvgIpc) is 3.29. The van der Waals surface area contributed by atoms with Gasteiger partial charge in [0.15, 0.2) is 17.3 Å². The van der Waals surface area contributed by atoms with Gasteiger partial charge in [0.1, 0.15) is 23.1 Å². The van der Waals surface area contributed by atoms with Crippen molar-refractivity contribution in [2.45, 2.75) is 51.1 Å². The van der Waals surface area contributed by atoms with E-state index < -0.39 is 29.1 Å². The molecule has 0 spiro atoms. The summed E-state index contributed by atoms with van der Waals surface area (Å²) in [6.45, 7) is 7.86. The summed E-state index contributed by atoms with van der Waals surface area (Å²) < 4.78 is 52.4. The Bertz CT molecular complexity index is 1930. The molecule has 0 N–H and O–H groups in total. The third-order valence-corrected chi connectivity index (χ3v) is 8.73. The lowest BCUT2D eigenvalue weighted by atomic mass is 9.96. The van der Waals surface area contributed by atoms with Crippen LogP contribution in [-0.4, -0.2) is 62.1 Å². The van der Waals surface area contributed by atoms with Crippen molar-refractivity contribution in [3.05, 3.63) is 82.3 Å². The molecule has 0 aliphatic carbocycles. The van der Waals surface area contributed by atoms with Crippen molar-refractivity contribution in [2.75, 3.05) is 24.6 Å². The highest BCUT2D eigenvalue weighted by molar-refractivity contribution is 5.93. The van der Waals surface area contributed by atoms with E-state index in [2.05, 4.69) is 21.5 Å². The van der Waals surface area contributed by atoms with Gasteiger partial charge in [-0.05, 0) is 55.0 Å². The highest BCUT2D eigenvalue weighted by Gasteiger charge is 2.50. The first-order chi connectivity index (χ1) is 21.2. The van der Waals surface area contributed by atoms with Crippen LogP contribution in [0.1, 0.15) is 43.9 Å². The Balaban J connectivity index is 1.51. The molecular formula is C32H29F3N6O3. The number of halogens is 3. The Labute approximate surface area is 250 Å². The van der Waals surface area contributed by atoms with Gasteiger partial charge in [-0.2, -0.15) is 4.98 Å². The SMILES string of the molecule is C=C(F)C(=O)N1CC2C1CCN2c1nc(=O)n2c3nc(c(F)cc13)-c1c(F)cccc1OCCCc1ccnc(C(C)C)c1-2. The first kappa shape index (κ1) is 28.1. The molecule has 2 bridgehead atoms. The minimum atomic E-state index is -1.04. The lowest BCUT2D eigenvalue weighted by Gasteiger charge is -2.46. The third kappa shape index (κ3) is 4.26. The Morgan fingerprint density at radius 3 is 2.73 bits per heavy atom. The van der Waals surface area contributed by atoms with Crippen molar-refractivity contribution in [3.8, 4) is 22.7 Å². The standard InChI is InChI=1S/C32H29F3N6O3/c1-16(2)26-28-18(9-11-36-26)6-5-13-44-24-8-4-7-20(34)25(24)27-21(35)14-19-29(38-32(43)41(28)30(19)37-27)39-12-10-22-23(39)15-40(22)31(42)17(3)33/h4,7-9,11,14,16,22-23H,3,5-6,10,12-13,15H2,1-2H3. The number of anilines is 1. The number of aryl methyl sites for hydroxylation is 1. The molecule has 2 unspecified atom stereocenters. The summed E-state index contributed by atoms with van der Waals surface area (Å²) in [4.78, 5) is 43.4. The highest BCUT2D eigenvalue weighted by Crippen LogP contribution is 2.41. The predicted molar refractivity (Wildman–Crippen MR) is 158 cm³/mol. The number of hydrogen-bond acceptors (Lipinski definition) is 7. The van der Waals surface area contributed by atoms with Gasteiger partial charge in [0.2, 0.25) is 0 Å². The molecule has 44 heavy (non-hydrogen) atoms. The number of pyridine rings is 2. The van der Waals surface area contributed by atoms with Gasteiger partial charge in [-0.15, -0.1) is 0 Å². The fourth-order valence-corrected chi connectivity index (χ4v) is 6.67. The predicted octanol–water partition coefficient (Wildman–Crippen LogP) is 4.84. The summed E-state index contributed by atoms with van der Waals surface area (Å²) in [5.74, 6) is -3.08. The summed E-state index contributed by atoms with van der Waals surface area (Å²) >= 11 is 0. The van der Waals surface area contributed by atoms with Crippen LogP contribution in [0.3, 0.4) is 0 Å². The molecule has 12 heteroatoms. The number of nitrogens with zero attached hydrogens (tertiary/aromatic N) is 6. The third-order valence-electron chi connectivity index (χ3n) is 8.73. The number of hydrogen-bond donors (Lipinski definition) is 0. The lowest BCUT2D eigenvalue weighted by molar-refractivity contribution is -0.136. The van der Waals surface area contributed by atoms with E-state index in [1.165, 1.54) is 27.7 Å². The summed E-state index contributed by atoms with van der Waals surface area (Å²) in [5.41, 5.74) is 0.976. The molecule has 1 amide bonds. The average molecular weight is 603 g/mol. The molecule has 2 fully saturated rings. The monoisotopic (exact) mass is 602 g/mol. The molecule has 3 aliphatic heterocycles. The Morgan fingerprint density at radius 2 is 1.95 bits per heavy atom. The molecule has 4 aromatic rings. The smallest absolute Gasteiger partial charge is 0.355 e. The van der Waals surface area contributed by atoms with E-state index in [4.69, 9.17) is 4.74 Å². The fraction of sp³-hybridized carbons (Fsp3) is 0.344. The zero-order chi connectivity index (χ0) is 30.9. The van der Waals surface area contributed by atoms with Crippen LogP contribution in [0.2, 0.25) is 0 Å². The van der Waals surface area contributed by atoms with E-state index in [0.29, 0.717) is 37.2 Å². The van der Waals surface area contributed by atoms with E-state index in [9.17, 15) is 14.0 Å². The molecule has 6 heterocycles. The number of rotatable bonds is 3. The maximum absolute atomic E-state index is 16.1. The van der Waals surface area contributed by atoms with Crippen LogP contribution in [0.4, 0.5) is 19.0 Å². The Kier molecular flexibility index (Phi) is 6.67. The second-order valence-corrected chi connectivity index (χ2v) is 11.6. The van der Waals surface area contributed by atoms with Gasteiger partial charge in [-0.1, -0.05) is 26.5 Å². The minimum absolute atomic E-state index is 0.0862. The second kappa shape index (κ2) is 10.5. The maximum Gasteiger partial charge on any atom is 0.355 e. The molecule has 0 saturated carbocycles. The molecule has 2 atom stereocenters. The summed E-state index contributed by atoms with van der Waals surface area (Å²) in [6, 6.07) is 6.75. The van der Waals surface area contributed by atoms with Gasteiger partial charge in [-0.25, -0.2) is 27.5 Å². The van der Waals surface area contributed by atoms with E-state index in [1.807, 2.05) is 24.8 Å². The summed E-state index contributed by atoms with van der Waals surface area (Å²) in [5, 5.41) is 0.242. The molecule has 9 nitrogen and oxygen atoms in total. The zero-order valence-electron chi connectivity index (χ0n) is 24.2. The Hall–Kier alpha value is -4.74. The van der Waals surface area contributed by atoms with Crippen LogP contribution >= 0.6 is 0 Å². The molecular weight excluding hydrogens is 573 g/mol. The fourth-order valence-electron chi connectivity index (χ4n) is 6.67. The van der Waals surface area contributed by atoms with Crippen molar-refractivity contribution in [2.24, 2.45) is 0 Å². The molecule has 3 aromatic heterocycles. The number of aromatic nitrogens is 4. The molecule has 226 valence electrons. The van der Waals surface area contributed by atoms with Crippen molar-refractivity contribution < 1.29 is 22.7 Å². The van der Waals surface area contributed by atoms with E-state index in [0.717, 1.165) is 5.56 Å². The second-order valence-electron chi connectivity index (χ2n) is 11.6. The van der Waals surface area contributed by atoms with Gasteiger partial charge in [0.05, 0.1) is 41.0 Å². The first-order valence-electron chi connectivity index (χ1n) is 14.6. The highest BCUT2D eigenvalue weighted by atomic mass is 19.1. The zero-order valence-corrected chi connectivity index (χ0v) is 24.2. The molecule has 0 radical (unpaired) electrons. The minimum Gasteiger partial charge on any atom is -0.493 e. The van der Waals surface area contributed by atoms with Crippen molar-refractivity contribution in [3.63, 3.8) is 0 Å². The maximum atomic E-state index is 16.1. The van der Waals surface area contributed by atoms with E-state index in [1.54, 1.807) is 12.3 Å². The van der Waals surface area contributed by atoms with Gasteiger partial charge >= 0.3 is 5.69 Å². The largest absolute Gasteiger partial charge is 0.493 e. The lowest BCUT2D eigenvalue weighted by Crippen LogP contribution is -2.64. The first-order valence-corrected chi connectivity index (χ1v) is 14.6. The van der Waals surface area contributed by atoms with Crippen LogP contribution in [0.15, 0.2) is 53.7 Å². The van der Waals surface area contributed by atoms with Crippen LogP contribution in [0.5, 0.6) is 5.75 Å². The summed E-state index contributed by atoms with van der Waals surface area (Å²) in [6.07, 6.45) is 3.25. The number of benzene rings is 1. The number of fused-ring (bicyclic) bond motifs is 6. The molecule has 2 saturated heterocycles. The molecule has 3 aliphatic rings. The number of amides is 1. The van der Waals surface area contributed by atoms with Crippen molar-refractivity contribution >= 4 is 22.8 Å². The molecule has 1 aromatic carbocycles. The van der Waals surface area contributed by atoms with Crippen LogP contribution in [-0.2, 0) is 11.2 Å². The van der Waals surface area contributed by atoms with Crippen LogP contribution in [0, 0.1) is 11.6 Å². The normalized spacial score (nSPS) is 19.0. The van der Waals surface area contributed by atoms with Gasteiger partial charge in [0, 0.05) is 19.3 Å². The topological polar surface area (TPSA) is 93.5 Å². The van der Waals surface area contributed by atoms with E-state index >= 15 is 8.78 Å². The van der Waals surface area contributed by atoms with Crippen molar-refractivity contribution in [1.29, 1.82) is 0 Å². The van der Waals surface area contributed by atoms with Gasteiger partial charge < -0.3 is 14.5 Å². The van der Waals surface area contributed by atoms with E-state index in [-0.39, 0.29) is 65.0 Å². The van der Waals surface area contributed by atoms with Gasteiger partial charge in [-0.3, -0.25) is 9.78 Å². The van der Waals surface area contributed by atoms with Crippen LogP contribution < -0.4 is 15.3 Å². The molecule has 7 rings (SSSR count).